The van der Waals surface area contributed by atoms with E-state index < -0.39 is 97.5 Å². The van der Waals surface area contributed by atoms with Crippen LogP contribution in [0, 0.1) is 5.92 Å². The summed E-state index contributed by atoms with van der Waals surface area (Å²) in [6.07, 6.45) is 80.5. The van der Waals surface area contributed by atoms with Gasteiger partial charge >= 0.3 is 39.5 Å². The Bertz CT molecular complexity index is 2100. The topological polar surface area (TPSA) is 237 Å². The Labute approximate surface area is 683 Å². The van der Waals surface area contributed by atoms with Gasteiger partial charge in [0.25, 0.3) is 0 Å². The average Bonchev–Trinajstić information content (AvgIpc) is 0.899. The number of ether oxygens (including phenoxy) is 4. The minimum atomic E-state index is -4.97. The smallest absolute Gasteiger partial charge is 0.462 e. The summed E-state index contributed by atoms with van der Waals surface area (Å²) in [4.78, 5) is 73.5. The normalized spacial score (nSPS) is 13.9. The molecule has 6 atom stereocenters. The Hall–Kier alpha value is -1.94. The lowest BCUT2D eigenvalue weighted by molar-refractivity contribution is -0.161. The van der Waals surface area contributed by atoms with E-state index in [1.165, 1.54) is 327 Å². The van der Waals surface area contributed by atoms with E-state index in [4.69, 9.17) is 37.0 Å². The Balaban J connectivity index is 5.25. The Morgan fingerprint density at radius 3 is 0.640 bits per heavy atom. The molecule has 0 aromatic heterocycles. The van der Waals surface area contributed by atoms with Gasteiger partial charge in [0.15, 0.2) is 12.2 Å². The van der Waals surface area contributed by atoms with Crippen molar-refractivity contribution in [2.45, 2.75) is 522 Å². The van der Waals surface area contributed by atoms with Crippen LogP contribution in [-0.4, -0.2) is 96.7 Å². The van der Waals surface area contributed by atoms with Gasteiger partial charge < -0.3 is 33.8 Å². The van der Waals surface area contributed by atoms with Crippen molar-refractivity contribution in [2.24, 2.45) is 5.92 Å². The number of rotatable bonds is 92. The SMILES string of the molecule is CCCCCCCCCCCCCCCCCCCCC(=O)OC[C@H](COP(=O)(O)OC[C@@H](O)COP(=O)(O)OC[C@@H](COC(=O)CCCCCCCCCCCCCCC)OC(=O)CCCCCCCCCCCCCCCCCCCC)OC(=O)CCCCCCCCCCCCCCCCCCCCC(C)CC. The van der Waals surface area contributed by atoms with Crippen molar-refractivity contribution in [3.63, 3.8) is 0 Å². The number of unbranched alkanes of at least 4 members (excludes halogenated alkanes) is 63. The largest absolute Gasteiger partial charge is 0.472 e. The van der Waals surface area contributed by atoms with Gasteiger partial charge in [0.2, 0.25) is 0 Å². The van der Waals surface area contributed by atoms with E-state index in [2.05, 4.69) is 34.6 Å². The highest BCUT2D eigenvalue weighted by Gasteiger charge is 2.31. The first-order valence-corrected chi connectivity index (χ1v) is 50.7. The predicted molar refractivity (Wildman–Crippen MR) is 460 cm³/mol. The van der Waals surface area contributed by atoms with E-state index in [-0.39, 0.29) is 25.7 Å². The number of esters is 4. The number of phosphoric acid groups is 2. The van der Waals surface area contributed by atoms with Gasteiger partial charge in [0.1, 0.15) is 19.3 Å². The number of carbonyl (C=O) groups is 4. The molecule has 0 aromatic rings. The van der Waals surface area contributed by atoms with Crippen molar-refractivity contribution in [1.29, 1.82) is 0 Å². The van der Waals surface area contributed by atoms with Crippen molar-refractivity contribution < 1.29 is 80.2 Å². The lowest BCUT2D eigenvalue weighted by atomic mass is 9.99. The molecular weight excluding hydrogens is 1440 g/mol. The second-order valence-corrected chi connectivity index (χ2v) is 36.2. The Morgan fingerprint density at radius 1 is 0.252 bits per heavy atom. The third kappa shape index (κ3) is 84.3. The highest BCUT2D eigenvalue weighted by Crippen LogP contribution is 2.45. The molecule has 660 valence electrons. The molecule has 0 radical (unpaired) electrons. The van der Waals surface area contributed by atoms with Gasteiger partial charge in [-0.15, -0.1) is 0 Å². The summed E-state index contributed by atoms with van der Waals surface area (Å²) in [6.45, 7) is 7.48. The van der Waals surface area contributed by atoms with Gasteiger partial charge in [0.05, 0.1) is 26.4 Å². The molecule has 0 rings (SSSR count). The molecule has 17 nitrogen and oxygen atoms in total. The van der Waals surface area contributed by atoms with Crippen LogP contribution in [-0.2, 0) is 65.4 Å². The maximum absolute atomic E-state index is 13.2. The number of carbonyl (C=O) groups excluding carboxylic acids is 4. The maximum atomic E-state index is 13.2. The van der Waals surface area contributed by atoms with Crippen LogP contribution in [0.2, 0.25) is 0 Å². The molecule has 0 bridgehead atoms. The maximum Gasteiger partial charge on any atom is 0.472 e. The van der Waals surface area contributed by atoms with E-state index in [1.807, 2.05) is 0 Å². The molecule has 0 heterocycles. The zero-order valence-electron chi connectivity index (χ0n) is 73.1. The fourth-order valence-electron chi connectivity index (χ4n) is 14.5. The quantitative estimate of drug-likeness (QED) is 0.0222. The number of hydrogen-bond donors (Lipinski definition) is 3. The van der Waals surface area contributed by atoms with E-state index in [9.17, 15) is 43.2 Å². The van der Waals surface area contributed by atoms with Gasteiger partial charge in [-0.05, 0) is 31.6 Å². The average molecular weight is 1620 g/mol. The van der Waals surface area contributed by atoms with Crippen molar-refractivity contribution in [2.75, 3.05) is 39.6 Å². The summed E-state index contributed by atoms with van der Waals surface area (Å²) in [5, 5.41) is 10.7. The molecular formula is C92H180O17P2. The molecule has 0 aromatic carbocycles. The van der Waals surface area contributed by atoms with Crippen LogP contribution in [0.5, 0.6) is 0 Å². The molecule has 111 heavy (non-hydrogen) atoms. The molecule has 3 unspecified atom stereocenters. The number of aliphatic hydroxyl groups is 1. The molecule has 19 heteroatoms. The van der Waals surface area contributed by atoms with Crippen LogP contribution >= 0.6 is 15.6 Å². The van der Waals surface area contributed by atoms with Gasteiger partial charge in [-0.25, -0.2) is 9.13 Å². The summed E-state index contributed by atoms with van der Waals surface area (Å²) in [5.41, 5.74) is 0. The fourth-order valence-corrected chi connectivity index (χ4v) is 16.1. The summed E-state index contributed by atoms with van der Waals surface area (Å²) in [7, 11) is -9.94. The monoisotopic (exact) mass is 1620 g/mol. The first kappa shape index (κ1) is 109. The summed E-state index contributed by atoms with van der Waals surface area (Å²) >= 11 is 0. The van der Waals surface area contributed by atoms with Gasteiger partial charge in [-0.1, -0.05) is 452 Å². The van der Waals surface area contributed by atoms with Crippen molar-refractivity contribution in [3.8, 4) is 0 Å². The molecule has 3 N–H and O–H groups in total. The van der Waals surface area contributed by atoms with E-state index in [0.717, 1.165) is 95.8 Å². The summed E-state index contributed by atoms with van der Waals surface area (Å²) < 4.78 is 69.1. The molecule has 0 amide bonds. The first-order valence-electron chi connectivity index (χ1n) is 47.7. The van der Waals surface area contributed by atoms with E-state index >= 15 is 0 Å². The van der Waals surface area contributed by atoms with Gasteiger partial charge in [-0.3, -0.25) is 37.3 Å². The van der Waals surface area contributed by atoms with Crippen LogP contribution in [0.4, 0.5) is 0 Å². The van der Waals surface area contributed by atoms with Crippen LogP contribution < -0.4 is 0 Å². The molecule has 0 aliphatic heterocycles. The van der Waals surface area contributed by atoms with Crippen molar-refractivity contribution >= 4 is 39.5 Å². The van der Waals surface area contributed by atoms with Crippen LogP contribution in [0.3, 0.4) is 0 Å². The third-order valence-electron chi connectivity index (χ3n) is 22.1. The zero-order chi connectivity index (χ0) is 81.1. The predicted octanol–water partition coefficient (Wildman–Crippen LogP) is 28.7. The second-order valence-electron chi connectivity index (χ2n) is 33.3. The molecule has 0 saturated carbocycles. The minimum Gasteiger partial charge on any atom is -0.462 e. The first-order chi connectivity index (χ1) is 54.1. The summed E-state index contributed by atoms with van der Waals surface area (Å²) in [6, 6.07) is 0. The standard InChI is InChI=1S/C92H180O17P2/c1-6-10-13-16-19-22-25-28-30-32-37-41-46-51-56-61-66-71-76-90(95)103-82-88(109-92(97)78-73-68-63-58-53-48-43-39-35-34-36-40-45-49-54-59-64-69-74-85(5)9-4)84-107-111(100,101)105-80-86(93)79-104-110(98,99)106-83-87(81-102-89(94)75-70-65-60-55-50-44-27-24-21-18-15-12-8-3)108-91(96)77-72-67-62-57-52-47-42-38-33-31-29-26-23-20-17-14-11-7-2/h85-88,93H,6-84H2,1-5H3,(H,98,99)(H,100,101)/t85?,86-,87+,88+/m0/s1. The highest BCUT2D eigenvalue weighted by atomic mass is 31.2. The highest BCUT2D eigenvalue weighted by molar-refractivity contribution is 7.47. The van der Waals surface area contributed by atoms with E-state index in [0.29, 0.717) is 25.7 Å². The van der Waals surface area contributed by atoms with Gasteiger partial charge in [0, 0.05) is 25.7 Å². The Kier molecular flexibility index (Phi) is 83.0. The lowest BCUT2D eigenvalue weighted by Crippen LogP contribution is -2.30. The number of phosphoric ester groups is 2. The number of aliphatic hydroxyl groups excluding tert-OH is 1. The minimum absolute atomic E-state index is 0.110. The van der Waals surface area contributed by atoms with Crippen molar-refractivity contribution in [3.05, 3.63) is 0 Å². The second kappa shape index (κ2) is 84.5. The third-order valence-corrected chi connectivity index (χ3v) is 24.0. The fraction of sp³-hybridized carbons (Fsp3) is 0.957. The van der Waals surface area contributed by atoms with Crippen LogP contribution in [0.15, 0.2) is 0 Å². The van der Waals surface area contributed by atoms with Gasteiger partial charge in [-0.2, -0.15) is 0 Å². The Morgan fingerprint density at radius 2 is 0.432 bits per heavy atom. The molecule has 0 aliphatic rings. The van der Waals surface area contributed by atoms with Crippen LogP contribution in [0.1, 0.15) is 503 Å². The number of hydrogen-bond acceptors (Lipinski definition) is 15. The molecule has 0 fully saturated rings. The molecule has 0 saturated heterocycles. The van der Waals surface area contributed by atoms with E-state index in [1.54, 1.807) is 0 Å². The van der Waals surface area contributed by atoms with Crippen LogP contribution in [0.25, 0.3) is 0 Å². The lowest BCUT2D eigenvalue weighted by Gasteiger charge is -2.21. The molecule has 0 aliphatic carbocycles. The zero-order valence-corrected chi connectivity index (χ0v) is 74.9. The van der Waals surface area contributed by atoms with Crippen molar-refractivity contribution in [1.82, 2.24) is 0 Å². The molecule has 0 spiro atoms. The summed E-state index contributed by atoms with van der Waals surface area (Å²) in [5.74, 6) is -1.22.